The Bertz CT molecular complexity index is 419. The van der Waals surface area contributed by atoms with Crippen LogP contribution in [0.3, 0.4) is 0 Å². The third kappa shape index (κ3) is 2.59. The standard InChI is InChI=1S/C12H18N4O2/c1-8(17)9-3-4-16(7-9)12(18)10-5-15-11(13-2)6-14-10/h5-6,8-9,17H,3-4,7H2,1-2H3,(H,13,15). The van der Waals surface area contributed by atoms with Crippen LogP contribution in [0.1, 0.15) is 23.8 Å². The smallest absolute Gasteiger partial charge is 0.274 e. The molecule has 1 fully saturated rings. The molecule has 6 nitrogen and oxygen atoms in total. The summed E-state index contributed by atoms with van der Waals surface area (Å²) in [6.45, 7) is 3.02. The Morgan fingerprint density at radius 1 is 1.56 bits per heavy atom. The zero-order valence-corrected chi connectivity index (χ0v) is 10.6. The molecule has 2 atom stereocenters. The number of aliphatic hydroxyl groups excluding tert-OH is 1. The minimum atomic E-state index is -0.374. The molecule has 1 aliphatic rings. The van der Waals surface area contributed by atoms with Gasteiger partial charge in [-0.2, -0.15) is 0 Å². The number of amides is 1. The molecule has 0 saturated carbocycles. The van der Waals surface area contributed by atoms with E-state index in [4.69, 9.17) is 0 Å². The van der Waals surface area contributed by atoms with Gasteiger partial charge in [-0.05, 0) is 13.3 Å². The predicted octanol–water partition coefficient (Wildman–Crippen LogP) is 0.361. The first-order chi connectivity index (χ1) is 8.61. The monoisotopic (exact) mass is 250 g/mol. The van der Waals surface area contributed by atoms with Crippen molar-refractivity contribution in [2.24, 2.45) is 5.92 Å². The molecule has 0 aliphatic carbocycles. The summed E-state index contributed by atoms with van der Waals surface area (Å²) >= 11 is 0. The Morgan fingerprint density at radius 3 is 2.83 bits per heavy atom. The molecule has 0 radical (unpaired) electrons. The number of nitrogens with zero attached hydrogens (tertiary/aromatic N) is 3. The fraction of sp³-hybridized carbons (Fsp3) is 0.583. The van der Waals surface area contributed by atoms with Gasteiger partial charge in [-0.1, -0.05) is 0 Å². The number of rotatable bonds is 3. The highest BCUT2D eigenvalue weighted by Crippen LogP contribution is 2.21. The molecule has 18 heavy (non-hydrogen) atoms. The second-order valence-corrected chi connectivity index (χ2v) is 4.58. The number of carbonyl (C=O) groups excluding carboxylic acids is 1. The van der Waals surface area contributed by atoms with E-state index >= 15 is 0 Å². The topological polar surface area (TPSA) is 78.4 Å². The summed E-state index contributed by atoms with van der Waals surface area (Å²) in [4.78, 5) is 22.0. The fourth-order valence-corrected chi connectivity index (χ4v) is 2.10. The Balaban J connectivity index is 2.03. The van der Waals surface area contributed by atoms with E-state index < -0.39 is 0 Å². The molecule has 2 N–H and O–H groups in total. The van der Waals surface area contributed by atoms with Gasteiger partial charge in [-0.25, -0.2) is 9.97 Å². The summed E-state index contributed by atoms with van der Waals surface area (Å²) in [7, 11) is 1.75. The summed E-state index contributed by atoms with van der Waals surface area (Å²) in [5.41, 5.74) is 0.347. The van der Waals surface area contributed by atoms with Crippen molar-refractivity contribution >= 4 is 11.7 Å². The van der Waals surface area contributed by atoms with Crippen LogP contribution in [0.15, 0.2) is 12.4 Å². The SMILES string of the molecule is CNc1cnc(C(=O)N2CCC(C(C)O)C2)cn1. The highest BCUT2D eigenvalue weighted by molar-refractivity contribution is 5.92. The van der Waals surface area contributed by atoms with Crippen LogP contribution in [-0.4, -0.2) is 52.1 Å². The molecule has 2 unspecified atom stereocenters. The molecule has 0 spiro atoms. The van der Waals surface area contributed by atoms with Crippen molar-refractivity contribution in [3.63, 3.8) is 0 Å². The lowest BCUT2D eigenvalue weighted by atomic mass is 10.0. The van der Waals surface area contributed by atoms with Gasteiger partial charge in [0, 0.05) is 26.1 Å². The van der Waals surface area contributed by atoms with Gasteiger partial charge in [0.2, 0.25) is 0 Å². The number of carbonyl (C=O) groups is 1. The average Bonchev–Trinajstić information content (AvgIpc) is 2.88. The summed E-state index contributed by atoms with van der Waals surface area (Å²) in [5.74, 6) is 0.682. The van der Waals surface area contributed by atoms with Gasteiger partial charge in [0.15, 0.2) is 0 Å². The second kappa shape index (κ2) is 5.30. The van der Waals surface area contributed by atoms with Crippen LogP contribution >= 0.6 is 0 Å². The van der Waals surface area contributed by atoms with E-state index in [1.807, 2.05) is 0 Å². The normalized spacial score (nSPS) is 20.8. The van der Waals surface area contributed by atoms with Crippen molar-refractivity contribution in [1.82, 2.24) is 14.9 Å². The van der Waals surface area contributed by atoms with E-state index in [9.17, 15) is 9.90 Å². The Morgan fingerprint density at radius 2 is 2.33 bits per heavy atom. The Labute approximate surface area is 106 Å². The van der Waals surface area contributed by atoms with E-state index in [-0.39, 0.29) is 17.9 Å². The van der Waals surface area contributed by atoms with Crippen molar-refractivity contribution in [2.75, 3.05) is 25.5 Å². The third-order valence-corrected chi connectivity index (χ3v) is 3.32. The average molecular weight is 250 g/mol. The zero-order chi connectivity index (χ0) is 13.1. The lowest BCUT2D eigenvalue weighted by Gasteiger charge is -2.17. The number of anilines is 1. The summed E-state index contributed by atoms with van der Waals surface area (Å²) < 4.78 is 0. The predicted molar refractivity (Wildman–Crippen MR) is 67.3 cm³/mol. The molecule has 2 rings (SSSR count). The van der Waals surface area contributed by atoms with Crippen LogP contribution in [-0.2, 0) is 0 Å². The lowest BCUT2D eigenvalue weighted by molar-refractivity contribution is 0.0756. The fourth-order valence-electron chi connectivity index (χ4n) is 2.10. The second-order valence-electron chi connectivity index (χ2n) is 4.58. The molecule has 1 aromatic rings. The van der Waals surface area contributed by atoms with Crippen LogP contribution in [0.5, 0.6) is 0 Å². The first-order valence-corrected chi connectivity index (χ1v) is 6.09. The van der Waals surface area contributed by atoms with Crippen molar-refractivity contribution in [3.05, 3.63) is 18.1 Å². The lowest BCUT2D eigenvalue weighted by Crippen LogP contribution is -2.31. The third-order valence-electron chi connectivity index (χ3n) is 3.32. The van der Waals surface area contributed by atoms with Gasteiger partial charge in [0.25, 0.3) is 5.91 Å². The van der Waals surface area contributed by atoms with Gasteiger partial charge in [-0.3, -0.25) is 4.79 Å². The summed E-state index contributed by atoms with van der Waals surface area (Å²) in [5, 5.41) is 12.4. The molecule has 6 heteroatoms. The molecular formula is C12H18N4O2. The molecule has 1 aromatic heterocycles. The van der Waals surface area contributed by atoms with Crippen LogP contribution in [0.25, 0.3) is 0 Å². The maximum Gasteiger partial charge on any atom is 0.274 e. The van der Waals surface area contributed by atoms with Gasteiger partial charge in [0.1, 0.15) is 11.5 Å². The van der Waals surface area contributed by atoms with E-state index in [1.54, 1.807) is 18.9 Å². The zero-order valence-electron chi connectivity index (χ0n) is 10.6. The molecule has 1 amide bonds. The number of hydrogen-bond acceptors (Lipinski definition) is 5. The van der Waals surface area contributed by atoms with Crippen LogP contribution in [0.2, 0.25) is 0 Å². The van der Waals surface area contributed by atoms with E-state index in [0.29, 0.717) is 24.6 Å². The van der Waals surface area contributed by atoms with Gasteiger partial charge < -0.3 is 15.3 Å². The Hall–Kier alpha value is -1.69. The van der Waals surface area contributed by atoms with Crippen molar-refractivity contribution in [2.45, 2.75) is 19.4 Å². The van der Waals surface area contributed by atoms with E-state index in [1.165, 1.54) is 12.4 Å². The highest BCUT2D eigenvalue weighted by atomic mass is 16.3. The molecule has 0 aromatic carbocycles. The minimum Gasteiger partial charge on any atom is -0.393 e. The number of likely N-dealkylation sites (tertiary alicyclic amines) is 1. The number of hydrogen-bond donors (Lipinski definition) is 2. The molecule has 1 saturated heterocycles. The first-order valence-electron chi connectivity index (χ1n) is 6.09. The molecule has 98 valence electrons. The van der Waals surface area contributed by atoms with Crippen LogP contribution in [0.4, 0.5) is 5.82 Å². The maximum absolute atomic E-state index is 12.1. The van der Waals surface area contributed by atoms with E-state index in [0.717, 1.165) is 6.42 Å². The largest absolute Gasteiger partial charge is 0.393 e. The highest BCUT2D eigenvalue weighted by Gasteiger charge is 2.30. The van der Waals surface area contributed by atoms with Crippen LogP contribution in [0, 0.1) is 5.92 Å². The van der Waals surface area contributed by atoms with Gasteiger partial charge in [-0.15, -0.1) is 0 Å². The van der Waals surface area contributed by atoms with Crippen molar-refractivity contribution in [1.29, 1.82) is 0 Å². The number of nitrogens with one attached hydrogen (secondary N) is 1. The Kier molecular flexibility index (Phi) is 3.76. The van der Waals surface area contributed by atoms with Gasteiger partial charge in [0.05, 0.1) is 18.5 Å². The van der Waals surface area contributed by atoms with E-state index in [2.05, 4.69) is 15.3 Å². The van der Waals surface area contributed by atoms with Crippen molar-refractivity contribution in [3.8, 4) is 0 Å². The van der Waals surface area contributed by atoms with Gasteiger partial charge >= 0.3 is 0 Å². The van der Waals surface area contributed by atoms with Crippen molar-refractivity contribution < 1.29 is 9.90 Å². The molecule has 2 heterocycles. The first kappa shape index (κ1) is 12.8. The minimum absolute atomic E-state index is 0.117. The molecular weight excluding hydrogens is 232 g/mol. The number of aromatic nitrogens is 2. The summed E-state index contributed by atoms with van der Waals surface area (Å²) in [6.07, 6.45) is 3.48. The molecule has 0 bridgehead atoms. The quantitative estimate of drug-likeness (QED) is 0.810. The summed E-state index contributed by atoms with van der Waals surface area (Å²) in [6, 6.07) is 0. The van der Waals surface area contributed by atoms with Crippen LogP contribution < -0.4 is 5.32 Å². The maximum atomic E-state index is 12.1. The molecule has 1 aliphatic heterocycles. The number of aliphatic hydroxyl groups is 1.